The molecule has 1 unspecified atom stereocenters. The molecule has 21 heavy (non-hydrogen) atoms. The smallest absolute Gasteiger partial charge is 0.126 e. The first kappa shape index (κ1) is 14.5. The maximum atomic E-state index is 13.6. The number of halogens is 2. The van der Waals surface area contributed by atoms with Crippen LogP contribution in [0, 0.1) is 12.7 Å². The minimum Gasteiger partial charge on any atom is -0.493 e. The fraction of sp³-hybridized carbons (Fsp3) is 0.294. The molecule has 1 heterocycles. The number of rotatable bonds is 3. The molecule has 0 radical (unpaired) electrons. The first-order valence-electron chi connectivity index (χ1n) is 6.93. The third kappa shape index (κ3) is 2.97. The van der Waals surface area contributed by atoms with Crippen molar-refractivity contribution in [3.8, 4) is 5.75 Å². The van der Waals surface area contributed by atoms with Crippen molar-refractivity contribution < 1.29 is 14.2 Å². The molecule has 2 aromatic rings. The zero-order valence-electron chi connectivity index (χ0n) is 11.7. The van der Waals surface area contributed by atoms with Crippen LogP contribution in [-0.4, -0.2) is 11.7 Å². The summed E-state index contributed by atoms with van der Waals surface area (Å²) in [4.78, 5) is 0. The molecule has 0 saturated heterocycles. The Morgan fingerprint density at radius 2 is 2.14 bits per heavy atom. The summed E-state index contributed by atoms with van der Waals surface area (Å²) in [5.41, 5.74) is 3.27. The Labute approximate surface area is 131 Å². The lowest BCUT2D eigenvalue weighted by Crippen LogP contribution is -2.04. The SMILES string of the molecule is Cc1ccc(C(O)Cc2cc(Br)cc3c2OCC3)cc1F. The van der Waals surface area contributed by atoms with Crippen molar-refractivity contribution in [1.29, 1.82) is 0 Å². The normalized spacial score (nSPS) is 14.7. The second kappa shape index (κ2) is 5.78. The molecule has 110 valence electrons. The van der Waals surface area contributed by atoms with E-state index in [2.05, 4.69) is 15.9 Å². The molecule has 0 bridgehead atoms. The average molecular weight is 351 g/mol. The summed E-state index contributed by atoms with van der Waals surface area (Å²) in [5, 5.41) is 10.4. The molecular formula is C17H16BrFO2. The number of hydrogen-bond acceptors (Lipinski definition) is 2. The number of ether oxygens (including phenoxy) is 1. The third-order valence-corrected chi connectivity index (χ3v) is 4.28. The molecule has 3 rings (SSSR count). The molecule has 1 aliphatic rings. The zero-order chi connectivity index (χ0) is 15.0. The van der Waals surface area contributed by atoms with E-state index in [0.29, 0.717) is 24.2 Å². The van der Waals surface area contributed by atoms with Crippen LogP contribution >= 0.6 is 15.9 Å². The Kier molecular flexibility index (Phi) is 4.00. The van der Waals surface area contributed by atoms with E-state index in [4.69, 9.17) is 4.74 Å². The predicted octanol–water partition coefficient (Wildman–Crippen LogP) is 4.11. The summed E-state index contributed by atoms with van der Waals surface area (Å²) in [6.45, 7) is 2.38. The van der Waals surface area contributed by atoms with Gasteiger partial charge in [0.1, 0.15) is 11.6 Å². The molecule has 1 atom stereocenters. The molecule has 0 aromatic heterocycles. The average Bonchev–Trinajstić information content (AvgIpc) is 2.90. The summed E-state index contributed by atoms with van der Waals surface area (Å²) in [7, 11) is 0. The van der Waals surface area contributed by atoms with Gasteiger partial charge < -0.3 is 9.84 Å². The molecule has 2 nitrogen and oxygen atoms in total. The van der Waals surface area contributed by atoms with Crippen LogP contribution in [-0.2, 0) is 12.8 Å². The van der Waals surface area contributed by atoms with Crippen molar-refractivity contribution in [3.05, 3.63) is 62.9 Å². The highest BCUT2D eigenvalue weighted by Crippen LogP contribution is 2.35. The van der Waals surface area contributed by atoms with Crippen LogP contribution in [0.1, 0.15) is 28.4 Å². The van der Waals surface area contributed by atoms with Gasteiger partial charge in [0.25, 0.3) is 0 Å². The lowest BCUT2D eigenvalue weighted by molar-refractivity contribution is 0.176. The van der Waals surface area contributed by atoms with E-state index in [9.17, 15) is 9.50 Å². The van der Waals surface area contributed by atoms with Gasteiger partial charge in [-0.1, -0.05) is 28.1 Å². The van der Waals surface area contributed by atoms with Crippen molar-refractivity contribution in [1.82, 2.24) is 0 Å². The van der Waals surface area contributed by atoms with Crippen LogP contribution in [0.4, 0.5) is 4.39 Å². The lowest BCUT2D eigenvalue weighted by Gasteiger charge is -2.15. The largest absolute Gasteiger partial charge is 0.493 e. The summed E-state index contributed by atoms with van der Waals surface area (Å²) >= 11 is 3.49. The molecule has 0 spiro atoms. The van der Waals surface area contributed by atoms with E-state index in [-0.39, 0.29) is 5.82 Å². The van der Waals surface area contributed by atoms with Gasteiger partial charge in [0.15, 0.2) is 0 Å². The van der Waals surface area contributed by atoms with Crippen molar-refractivity contribution >= 4 is 15.9 Å². The van der Waals surface area contributed by atoms with Gasteiger partial charge in [0.2, 0.25) is 0 Å². The van der Waals surface area contributed by atoms with E-state index >= 15 is 0 Å². The Balaban J connectivity index is 1.88. The van der Waals surface area contributed by atoms with Gasteiger partial charge >= 0.3 is 0 Å². The van der Waals surface area contributed by atoms with E-state index in [1.54, 1.807) is 19.1 Å². The monoisotopic (exact) mass is 350 g/mol. The predicted molar refractivity (Wildman–Crippen MR) is 83.1 cm³/mol. The maximum Gasteiger partial charge on any atom is 0.126 e. The molecule has 1 N–H and O–H groups in total. The topological polar surface area (TPSA) is 29.5 Å². The number of fused-ring (bicyclic) bond motifs is 1. The van der Waals surface area contributed by atoms with E-state index in [1.807, 2.05) is 12.1 Å². The molecule has 0 amide bonds. The molecule has 1 aliphatic heterocycles. The van der Waals surface area contributed by atoms with Crippen LogP contribution in [0.3, 0.4) is 0 Å². The van der Waals surface area contributed by atoms with Crippen LogP contribution in [0.25, 0.3) is 0 Å². The zero-order valence-corrected chi connectivity index (χ0v) is 13.3. The highest BCUT2D eigenvalue weighted by Gasteiger charge is 2.20. The number of hydrogen-bond donors (Lipinski definition) is 1. The molecular weight excluding hydrogens is 335 g/mol. The molecule has 4 heteroatoms. The summed E-state index contributed by atoms with van der Waals surface area (Å²) in [5.74, 6) is 0.576. The number of aliphatic hydroxyl groups is 1. The highest BCUT2D eigenvalue weighted by atomic mass is 79.9. The molecule has 0 fully saturated rings. The Morgan fingerprint density at radius 3 is 2.90 bits per heavy atom. The number of aryl methyl sites for hydroxylation is 1. The minimum atomic E-state index is -0.748. The van der Waals surface area contributed by atoms with Gasteiger partial charge in [-0.3, -0.25) is 0 Å². The van der Waals surface area contributed by atoms with Gasteiger partial charge in [-0.15, -0.1) is 0 Å². The summed E-state index contributed by atoms with van der Waals surface area (Å²) in [6, 6.07) is 8.86. The van der Waals surface area contributed by atoms with Crippen LogP contribution in [0.2, 0.25) is 0 Å². The third-order valence-electron chi connectivity index (χ3n) is 3.82. The van der Waals surface area contributed by atoms with Crippen molar-refractivity contribution in [2.24, 2.45) is 0 Å². The maximum absolute atomic E-state index is 13.6. The van der Waals surface area contributed by atoms with Gasteiger partial charge in [0.05, 0.1) is 12.7 Å². The number of benzene rings is 2. The van der Waals surface area contributed by atoms with Gasteiger partial charge in [0, 0.05) is 17.3 Å². The molecule has 0 aliphatic carbocycles. The Hall–Kier alpha value is -1.39. The van der Waals surface area contributed by atoms with E-state index in [0.717, 1.165) is 27.8 Å². The first-order chi connectivity index (χ1) is 10.0. The van der Waals surface area contributed by atoms with Crippen LogP contribution in [0.5, 0.6) is 5.75 Å². The van der Waals surface area contributed by atoms with E-state index < -0.39 is 6.10 Å². The fourth-order valence-corrected chi connectivity index (χ4v) is 3.19. The quantitative estimate of drug-likeness (QED) is 0.902. The fourth-order valence-electron chi connectivity index (χ4n) is 2.64. The van der Waals surface area contributed by atoms with E-state index in [1.165, 1.54) is 6.07 Å². The molecule has 2 aromatic carbocycles. The van der Waals surface area contributed by atoms with Crippen LogP contribution in [0.15, 0.2) is 34.8 Å². The van der Waals surface area contributed by atoms with Gasteiger partial charge in [-0.05, 0) is 47.4 Å². The highest BCUT2D eigenvalue weighted by molar-refractivity contribution is 9.10. The van der Waals surface area contributed by atoms with Crippen molar-refractivity contribution in [3.63, 3.8) is 0 Å². The minimum absolute atomic E-state index is 0.290. The van der Waals surface area contributed by atoms with Gasteiger partial charge in [-0.2, -0.15) is 0 Å². The van der Waals surface area contributed by atoms with Crippen molar-refractivity contribution in [2.45, 2.75) is 25.9 Å². The lowest BCUT2D eigenvalue weighted by atomic mass is 9.98. The summed E-state index contributed by atoms with van der Waals surface area (Å²) in [6.07, 6.45) is 0.545. The second-order valence-electron chi connectivity index (χ2n) is 5.38. The second-order valence-corrected chi connectivity index (χ2v) is 6.30. The van der Waals surface area contributed by atoms with Crippen molar-refractivity contribution in [2.75, 3.05) is 6.61 Å². The summed E-state index contributed by atoms with van der Waals surface area (Å²) < 4.78 is 20.3. The number of aliphatic hydroxyl groups excluding tert-OH is 1. The Morgan fingerprint density at radius 1 is 1.33 bits per heavy atom. The standard InChI is InChI=1S/C17H16BrFO2/c1-10-2-3-11(8-15(10)19)16(20)9-13-7-14(18)6-12-4-5-21-17(12)13/h2-3,6-8,16,20H,4-5,9H2,1H3. The molecule has 0 saturated carbocycles. The first-order valence-corrected chi connectivity index (χ1v) is 7.72. The van der Waals surface area contributed by atoms with Gasteiger partial charge in [-0.25, -0.2) is 4.39 Å². The Bertz CT molecular complexity index is 685. The van der Waals surface area contributed by atoms with Crippen LogP contribution < -0.4 is 4.74 Å².